The predicted molar refractivity (Wildman–Crippen MR) is 43.5 cm³/mol. The molecular formula is C7H15N3O2. The van der Waals surface area contributed by atoms with E-state index in [0.717, 1.165) is 32.5 Å². The van der Waals surface area contributed by atoms with Crippen LogP contribution in [0.1, 0.15) is 19.3 Å². The van der Waals surface area contributed by atoms with Gasteiger partial charge in [0, 0.05) is 0 Å². The van der Waals surface area contributed by atoms with Crippen molar-refractivity contribution >= 4 is 0 Å². The number of rotatable bonds is 5. The van der Waals surface area contributed by atoms with E-state index in [9.17, 15) is 0 Å². The molecule has 0 saturated carbocycles. The fraction of sp³-hybridized carbons (Fsp3) is 1.00. The van der Waals surface area contributed by atoms with Gasteiger partial charge in [0.2, 0.25) is 0 Å². The SMILES string of the molecule is NN=NCCCCC1OCCO1. The van der Waals surface area contributed by atoms with Gasteiger partial charge in [-0.25, -0.2) is 0 Å². The van der Waals surface area contributed by atoms with Crippen LogP contribution < -0.4 is 5.84 Å². The van der Waals surface area contributed by atoms with Gasteiger partial charge in [-0.2, -0.15) is 5.11 Å². The first kappa shape index (κ1) is 9.41. The molecule has 1 saturated heterocycles. The van der Waals surface area contributed by atoms with Crippen molar-refractivity contribution in [2.45, 2.75) is 25.6 Å². The molecule has 1 rings (SSSR count). The molecule has 0 bridgehead atoms. The van der Waals surface area contributed by atoms with Gasteiger partial charge in [-0.05, 0) is 19.3 Å². The molecule has 1 heterocycles. The predicted octanol–water partition coefficient (Wildman–Crippen LogP) is 0.855. The average Bonchev–Trinajstić information content (AvgIpc) is 2.57. The van der Waals surface area contributed by atoms with E-state index < -0.39 is 0 Å². The lowest BCUT2D eigenvalue weighted by molar-refractivity contribution is -0.0478. The zero-order valence-electron chi connectivity index (χ0n) is 7.11. The van der Waals surface area contributed by atoms with E-state index in [2.05, 4.69) is 10.3 Å². The van der Waals surface area contributed by atoms with Crippen molar-refractivity contribution in [3.05, 3.63) is 0 Å². The van der Waals surface area contributed by atoms with Gasteiger partial charge >= 0.3 is 0 Å². The Hall–Kier alpha value is -0.680. The second-order valence-corrected chi connectivity index (χ2v) is 2.65. The maximum atomic E-state index is 5.26. The minimum absolute atomic E-state index is 0.0137. The Labute approximate surface area is 71.9 Å². The van der Waals surface area contributed by atoms with Gasteiger partial charge in [0.15, 0.2) is 6.29 Å². The lowest BCUT2D eigenvalue weighted by Crippen LogP contribution is -2.06. The third kappa shape index (κ3) is 3.64. The summed E-state index contributed by atoms with van der Waals surface area (Å²) in [6.07, 6.45) is 2.99. The molecule has 12 heavy (non-hydrogen) atoms. The van der Waals surface area contributed by atoms with E-state index in [1.54, 1.807) is 0 Å². The van der Waals surface area contributed by atoms with Gasteiger partial charge in [-0.3, -0.25) is 0 Å². The lowest BCUT2D eigenvalue weighted by atomic mass is 10.2. The maximum absolute atomic E-state index is 5.26. The smallest absolute Gasteiger partial charge is 0.157 e. The van der Waals surface area contributed by atoms with Crippen LogP contribution in [0.2, 0.25) is 0 Å². The molecule has 0 aliphatic carbocycles. The van der Waals surface area contributed by atoms with Gasteiger partial charge in [-0.1, -0.05) is 5.22 Å². The zero-order valence-corrected chi connectivity index (χ0v) is 7.11. The fourth-order valence-electron chi connectivity index (χ4n) is 1.13. The van der Waals surface area contributed by atoms with Crippen molar-refractivity contribution in [1.82, 2.24) is 0 Å². The largest absolute Gasteiger partial charge is 0.350 e. The van der Waals surface area contributed by atoms with Gasteiger partial charge in [-0.15, -0.1) is 0 Å². The van der Waals surface area contributed by atoms with Crippen LogP contribution in [0.4, 0.5) is 0 Å². The molecule has 0 aromatic carbocycles. The number of nitrogens with zero attached hydrogens (tertiary/aromatic N) is 2. The third-order valence-electron chi connectivity index (χ3n) is 1.72. The monoisotopic (exact) mass is 173 g/mol. The Morgan fingerprint density at radius 3 is 2.67 bits per heavy atom. The van der Waals surface area contributed by atoms with E-state index >= 15 is 0 Å². The Morgan fingerprint density at radius 2 is 2.00 bits per heavy atom. The quantitative estimate of drug-likeness (QED) is 0.290. The third-order valence-corrected chi connectivity index (χ3v) is 1.72. The summed E-state index contributed by atoms with van der Waals surface area (Å²) in [4.78, 5) is 0. The molecule has 0 aromatic heterocycles. The lowest BCUT2D eigenvalue weighted by Gasteiger charge is -2.06. The topological polar surface area (TPSA) is 69.2 Å². The van der Waals surface area contributed by atoms with Crippen LogP contribution in [0.5, 0.6) is 0 Å². The molecule has 1 aliphatic rings. The van der Waals surface area contributed by atoms with Crippen molar-refractivity contribution in [3.63, 3.8) is 0 Å². The van der Waals surface area contributed by atoms with Crippen LogP contribution in [0.25, 0.3) is 0 Å². The summed E-state index contributed by atoms with van der Waals surface area (Å²) in [6, 6.07) is 0. The zero-order chi connectivity index (χ0) is 8.65. The molecular weight excluding hydrogens is 158 g/mol. The van der Waals surface area contributed by atoms with E-state index in [-0.39, 0.29) is 6.29 Å². The van der Waals surface area contributed by atoms with Crippen LogP contribution in [0, 0.1) is 0 Å². The summed E-state index contributed by atoms with van der Waals surface area (Å²) in [5.74, 6) is 4.84. The van der Waals surface area contributed by atoms with Gasteiger partial charge in [0.05, 0.1) is 19.8 Å². The highest BCUT2D eigenvalue weighted by Gasteiger charge is 2.14. The van der Waals surface area contributed by atoms with Crippen molar-refractivity contribution in [2.75, 3.05) is 19.8 Å². The molecule has 70 valence electrons. The van der Waals surface area contributed by atoms with Crippen LogP contribution in [-0.2, 0) is 9.47 Å². The Bertz CT molecular complexity index is 135. The van der Waals surface area contributed by atoms with Gasteiger partial charge < -0.3 is 15.3 Å². The molecule has 0 amide bonds. The average molecular weight is 173 g/mol. The maximum Gasteiger partial charge on any atom is 0.157 e. The summed E-state index contributed by atoms with van der Waals surface area (Å²) >= 11 is 0. The molecule has 0 radical (unpaired) electrons. The molecule has 5 nitrogen and oxygen atoms in total. The van der Waals surface area contributed by atoms with E-state index in [4.69, 9.17) is 15.3 Å². The summed E-state index contributed by atoms with van der Waals surface area (Å²) in [5.41, 5.74) is 0. The molecule has 1 fully saturated rings. The molecule has 0 unspecified atom stereocenters. The number of hydrogen-bond acceptors (Lipinski definition) is 4. The van der Waals surface area contributed by atoms with Crippen molar-refractivity contribution < 1.29 is 9.47 Å². The summed E-state index contributed by atoms with van der Waals surface area (Å²) in [5, 5.41) is 6.82. The highest BCUT2D eigenvalue weighted by atomic mass is 16.7. The second-order valence-electron chi connectivity index (χ2n) is 2.65. The normalized spacial score (nSPS) is 19.3. The first-order valence-electron chi connectivity index (χ1n) is 4.23. The van der Waals surface area contributed by atoms with Crippen LogP contribution >= 0.6 is 0 Å². The summed E-state index contributed by atoms with van der Waals surface area (Å²) in [6.45, 7) is 2.16. The molecule has 0 aromatic rings. The van der Waals surface area contributed by atoms with Crippen LogP contribution in [0.3, 0.4) is 0 Å². The minimum Gasteiger partial charge on any atom is -0.350 e. The first-order valence-corrected chi connectivity index (χ1v) is 4.23. The van der Waals surface area contributed by atoms with Crippen molar-refractivity contribution in [1.29, 1.82) is 0 Å². The highest BCUT2D eigenvalue weighted by Crippen LogP contribution is 2.11. The number of unbranched alkanes of at least 4 members (excludes halogenated alkanes) is 1. The van der Waals surface area contributed by atoms with Crippen LogP contribution in [0.15, 0.2) is 10.3 Å². The molecule has 0 atom stereocenters. The summed E-state index contributed by atoms with van der Waals surface area (Å²) < 4.78 is 10.5. The minimum atomic E-state index is 0.0137. The first-order chi connectivity index (χ1) is 5.93. The standard InChI is InChI=1S/C7H15N3O2/c8-10-9-4-2-1-3-7-11-5-6-12-7/h7H,1-6H2,(H2,8,9). The fourth-order valence-corrected chi connectivity index (χ4v) is 1.13. The van der Waals surface area contributed by atoms with Crippen molar-refractivity contribution in [3.8, 4) is 0 Å². The Kier molecular flexibility index (Phi) is 4.63. The van der Waals surface area contributed by atoms with Crippen molar-refractivity contribution in [2.24, 2.45) is 16.2 Å². The Balaban J connectivity index is 1.87. The van der Waals surface area contributed by atoms with Gasteiger partial charge in [0.25, 0.3) is 0 Å². The van der Waals surface area contributed by atoms with Gasteiger partial charge in [0.1, 0.15) is 0 Å². The molecule has 0 spiro atoms. The van der Waals surface area contributed by atoms with Crippen LogP contribution in [-0.4, -0.2) is 26.0 Å². The highest BCUT2D eigenvalue weighted by molar-refractivity contribution is 4.53. The Morgan fingerprint density at radius 1 is 1.25 bits per heavy atom. The molecule has 5 heteroatoms. The second kappa shape index (κ2) is 5.91. The van der Waals surface area contributed by atoms with E-state index in [1.807, 2.05) is 0 Å². The van der Waals surface area contributed by atoms with E-state index in [1.165, 1.54) is 0 Å². The van der Waals surface area contributed by atoms with E-state index in [0.29, 0.717) is 6.54 Å². The number of nitrogens with two attached hydrogens (primary N) is 1. The summed E-state index contributed by atoms with van der Waals surface area (Å²) in [7, 11) is 0. The molecule has 1 aliphatic heterocycles. The molecule has 2 N–H and O–H groups in total. The number of hydrogen-bond donors (Lipinski definition) is 1. The number of ether oxygens (including phenoxy) is 2.